The zero-order valence-corrected chi connectivity index (χ0v) is 15.7. The number of aromatic nitrogens is 3. The molecule has 0 saturated carbocycles. The third-order valence-electron chi connectivity index (χ3n) is 4.17. The summed E-state index contributed by atoms with van der Waals surface area (Å²) in [6.07, 6.45) is 2.52. The fourth-order valence-electron chi connectivity index (χ4n) is 2.60. The van der Waals surface area contributed by atoms with Gasteiger partial charge in [-0.05, 0) is 36.2 Å². The number of rotatable bonds is 5. The molecule has 0 aliphatic rings. The molecule has 0 atom stereocenters. The molecule has 1 amide bonds. The lowest BCUT2D eigenvalue weighted by molar-refractivity contribution is -0.116. The van der Waals surface area contributed by atoms with Crippen LogP contribution in [0.15, 0.2) is 54.7 Å². The number of hydrogen-bond donors (Lipinski definition) is 1. The molecular weight excluding hydrogens is 343 g/mol. The number of amides is 1. The van der Waals surface area contributed by atoms with E-state index in [4.69, 9.17) is 0 Å². The highest BCUT2D eigenvalue weighted by molar-refractivity contribution is 5.90. The summed E-state index contributed by atoms with van der Waals surface area (Å²) in [7, 11) is 0. The van der Waals surface area contributed by atoms with Gasteiger partial charge in [0.15, 0.2) is 5.82 Å². The van der Waals surface area contributed by atoms with Crippen molar-refractivity contribution in [2.24, 2.45) is 0 Å². The zero-order valence-electron chi connectivity index (χ0n) is 15.7. The molecule has 6 heteroatoms. The van der Waals surface area contributed by atoms with Crippen LogP contribution in [0.4, 0.5) is 10.2 Å². The number of anilines is 1. The lowest BCUT2D eigenvalue weighted by Crippen LogP contribution is -2.16. The number of nitrogens with zero attached hydrogens (tertiary/aromatic N) is 3. The van der Waals surface area contributed by atoms with Gasteiger partial charge in [-0.3, -0.25) is 4.79 Å². The van der Waals surface area contributed by atoms with Crippen LogP contribution in [0.25, 0.3) is 5.82 Å². The number of benzene rings is 1. The molecule has 0 aliphatic carbocycles. The third kappa shape index (κ3) is 4.78. The van der Waals surface area contributed by atoms with Crippen LogP contribution in [0.5, 0.6) is 0 Å². The van der Waals surface area contributed by atoms with Gasteiger partial charge in [-0.25, -0.2) is 9.37 Å². The summed E-state index contributed by atoms with van der Waals surface area (Å²) in [5.41, 5.74) is 1.62. The molecule has 3 rings (SSSR count). The van der Waals surface area contributed by atoms with Crippen LogP contribution in [0, 0.1) is 5.82 Å². The Labute approximate surface area is 158 Å². The number of nitrogens with one attached hydrogen (secondary N) is 1. The Bertz CT molecular complexity index is 912. The molecule has 1 aromatic carbocycles. The van der Waals surface area contributed by atoms with Crippen LogP contribution in [0.2, 0.25) is 0 Å². The molecule has 0 aliphatic heterocycles. The van der Waals surface area contributed by atoms with Crippen molar-refractivity contribution in [3.05, 3.63) is 71.8 Å². The maximum atomic E-state index is 13.0. The average molecular weight is 366 g/mol. The topological polar surface area (TPSA) is 59.8 Å². The van der Waals surface area contributed by atoms with Gasteiger partial charge in [0.25, 0.3) is 0 Å². The van der Waals surface area contributed by atoms with Crippen molar-refractivity contribution in [3.8, 4) is 5.82 Å². The van der Waals surface area contributed by atoms with E-state index in [9.17, 15) is 9.18 Å². The number of carbonyl (C=O) groups is 1. The second-order valence-corrected chi connectivity index (χ2v) is 7.44. The number of pyridine rings is 1. The molecule has 140 valence electrons. The summed E-state index contributed by atoms with van der Waals surface area (Å²) < 4.78 is 14.6. The zero-order chi connectivity index (χ0) is 19.4. The number of halogens is 1. The van der Waals surface area contributed by atoms with Crippen LogP contribution >= 0.6 is 0 Å². The van der Waals surface area contributed by atoms with Crippen LogP contribution < -0.4 is 5.32 Å². The molecule has 5 nitrogen and oxygen atoms in total. The Morgan fingerprint density at radius 3 is 2.52 bits per heavy atom. The van der Waals surface area contributed by atoms with Gasteiger partial charge in [-0.1, -0.05) is 39.0 Å². The Balaban J connectivity index is 1.77. The Hall–Kier alpha value is -3.02. The van der Waals surface area contributed by atoms with Crippen molar-refractivity contribution < 1.29 is 9.18 Å². The quantitative estimate of drug-likeness (QED) is 0.733. The van der Waals surface area contributed by atoms with Crippen molar-refractivity contribution in [2.45, 2.75) is 39.0 Å². The number of aryl methyl sites for hydroxylation is 1. The van der Waals surface area contributed by atoms with Gasteiger partial charge in [0.1, 0.15) is 11.6 Å². The van der Waals surface area contributed by atoms with E-state index in [1.165, 1.54) is 12.1 Å². The van der Waals surface area contributed by atoms with Gasteiger partial charge in [0, 0.05) is 24.1 Å². The van der Waals surface area contributed by atoms with Gasteiger partial charge in [-0.15, -0.1) is 0 Å². The molecule has 0 radical (unpaired) electrons. The standard InChI is InChI=1S/C21H23FN4O/c1-21(2,3)17-14-19(26(25-17)18-6-4-5-13-23-18)24-20(27)12-9-15-7-10-16(22)11-8-15/h4-8,10-11,13-14H,9,12H2,1-3H3,(H,24,27). The van der Waals surface area contributed by atoms with Crippen LogP contribution in [0.3, 0.4) is 0 Å². The largest absolute Gasteiger partial charge is 0.311 e. The first-order chi connectivity index (χ1) is 12.8. The van der Waals surface area contributed by atoms with Crippen LogP contribution in [-0.4, -0.2) is 20.7 Å². The van der Waals surface area contributed by atoms with Crippen molar-refractivity contribution >= 4 is 11.7 Å². The maximum absolute atomic E-state index is 13.0. The summed E-state index contributed by atoms with van der Waals surface area (Å²) in [5.74, 6) is 0.818. The molecule has 0 spiro atoms. The molecule has 27 heavy (non-hydrogen) atoms. The monoisotopic (exact) mass is 366 g/mol. The second-order valence-electron chi connectivity index (χ2n) is 7.44. The van der Waals surface area contributed by atoms with E-state index in [1.807, 2.05) is 24.3 Å². The number of hydrogen-bond acceptors (Lipinski definition) is 3. The molecule has 0 unspecified atom stereocenters. The average Bonchev–Trinajstić information content (AvgIpc) is 3.06. The van der Waals surface area contributed by atoms with E-state index < -0.39 is 0 Å². The van der Waals surface area contributed by atoms with E-state index in [2.05, 4.69) is 36.2 Å². The predicted octanol–water partition coefficient (Wildman–Crippen LogP) is 4.28. The maximum Gasteiger partial charge on any atom is 0.225 e. The fourth-order valence-corrected chi connectivity index (χ4v) is 2.60. The van der Waals surface area contributed by atoms with E-state index in [0.29, 0.717) is 24.5 Å². The van der Waals surface area contributed by atoms with Crippen molar-refractivity contribution in [3.63, 3.8) is 0 Å². The Morgan fingerprint density at radius 1 is 1.15 bits per heavy atom. The molecule has 0 saturated heterocycles. The first-order valence-electron chi connectivity index (χ1n) is 8.89. The predicted molar refractivity (Wildman–Crippen MR) is 103 cm³/mol. The van der Waals surface area contributed by atoms with Gasteiger partial charge in [0.05, 0.1) is 5.69 Å². The molecule has 0 bridgehead atoms. The smallest absolute Gasteiger partial charge is 0.225 e. The molecule has 3 aromatic rings. The molecule has 1 N–H and O–H groups in total. The summed E-state index contributed by atoms with van der Waals surface area (Å²) in [6, 6.07) is 13.6. The fraction of sp³-hybridized carbons (Fsp3) is 0.286. The Kier molecular flexibility index (Phi) is 5.35. The highest BCUT2D eigenvalue weighted by atomic mass is 19.1. The SMILES string of the molecule is CC(C)(C)c1cc(NC(=O)CCc2ccc(F)cc2)n(-c2ccccn2)n1. The Morgan fingerprint density at radius 2 is 1.89 bits per heavy atom. The van der Waals surface area contributed by atoms with Crippen molar-refractivity contribution in [1.82, 2.24) is 14.8 Å². The van der Waals surface area contributed by atoms with Crippen LogP contribution in [0.1, 0.15) is 38.4 Å². The van der Waals surface area contributed by atoms with Crippen molar-refractivity contribution in [2.75, 3.05) is 5.32 Å². The summed E-state index contributed by atoms with van der Waals surface area (Å²) in [4.78, 5) is 16.8. The van der Waals surface area contributed by atoms with Crippen molar-refractivity contribution in [1.29, 1.82) is 0 Å². The highest BCUT2D eigenvalue weighted by Gasteiger charge is 2.21. The lowest BCUT2D eigenvalue weighted by atomic mass is 9.92. The minimum atomic E-state index is -0.280. The van der Waals surface area contributed by atoms with Crippen LogP contribution in [-0.2, 0) is 16.6 Å². The molecule has 0 fully saturated rings. The van der Waals surface area contributed by atoms with Gasteiger partial charge in [0.2, 0.25) is 5.91 Å². The molecule has 2 heterocycles. The lowest BCUT2D eigenvalue weighted by Gasteiger charge is -2.13. The molecular formula is C21H23FN4O. The van der Waals surface area contributed by atoms with E-state index in [-0.39, 0.29) is 17.1 Å². The van der Waals surface area contributed by atoms with Gasteiger partial charge in [-0.2, -0.15) is 9.78 Å². The number of carbonyl (C=O) groups excluding carboxylic acids is 1. The summed E-state index contributed by atoms with van der Waals surface area (Å²) >= 11 is 0. The first kappa shape index (κ1) is 18.8. The van der Waals surface area contributed by atoms with E-state index in [0.717, 1.165) is 11.3 Å². The summed E-state index contributed by atoms with van der Waals surface area (Å²) in [6.45, 7) is 6.20. The third-order valence-corrected chi connectivity index (χ3v) is 4.17. The van der Waals surface area contributed by atoms with Gasteiger partial charge >= 0.3 is 0 Å². The minimum Gasteiger partial charge on any atom is -0.311 e. The van der Waals surface area contributed by atoms with E-state index >= 15 is 0 Å². The van der Waals surface area contributed by atoms with E-state index in [1.54, 1.807) is 23.0 Å². The molecule has 2 aromatic heterocycles. The second kappa shape index (κ2) is 7.70. The first-order valence-corrected chi connectivity index (χ1v) is 8.89. The van der Waals surface area contributed by atoms with Gasteiger partial charge < -0.3 is 5.32 Å². The normalized spacial score (nSPS) is 11.4. The minimum absolute atomic E-state index is 0.128. The summed E-state index contributed by atoms with van der Waals surface area (Å²) in [5, 5.41) is 7.56. The highest BCUT2D eigenvalue weighted by Crippen LogP contribution is 2.25.